The van der Waals surface area contributed by atoms with Crippen LogP contribution in [0.1, 0.15) is 11.1 Å². The fraction of sp³-hybridized carbons (Fsp3) is 0.222. The SMILES string of the molecule is NC(=O)OCc1ccc(N)cc1C(F)(F)F. The maximum atomic E-state index is 12.5. The molecule has 0 atom stereocenters. The lowest BCUT2D eigenvalue weighted by Crippen LogP contribution is -2.16. The van der Waals surface area contributed by atoms with E-state index in [1.54, 1.807) is 0 Å². The van der Waals surface area contributed by atoms with E-state index in [2.05, 4.69) is 10.5 Å². The van der Waals surface area contributed by atoms with Crippen LogP contribution in [-0.2, 0) is 17.5 Å². The van der Waals surface area contributed by atoms with Crippen LogP contribution in [0.3, 0.4) is 0 Å². The van der Waals surface area contributed by atoms with Gasteiger partial charge in [-0.1, -0.05) is 6.07 Å². The van der Waals surface area contributed by atoms with E-state index in [4.69, 9.17) is 5.73 Å². The van der Waals surface area contributed by atoms with Crippen molar-refractivity contribution in [3.8, 4) is 0 Å². The number of rotatable bonds is 2. The third kappa shape index (κ3) is 3.04. The van der Waals surface area contributed by atoms with Gasteiger partial charge in [0.25, 0.3) is 0 Å². The third-order valence-electron chi connectivity index (χ3n) is 1.81. The van der Waals surface area contributed by atoms with E-state index in [-0.39, 0.29) is 11.3 Å². The van der Waals surface area contributed by atoms with Crippen molar-refractivity contribution in [2.75, 3.05) is 5.73 Å². The second-order valence-corrected chi connectivity index (χ2v) is 3.02. The number of carbonyl (C=O) groups is 1. The molecule has 1 aromatic carbocycles. The van der Waals surface area contributed by atoms with Crippen LogP contribution < -0.4 is 11.5 Å². The number of benzene rings is 1. The maximum absolute atomic E-state index is 12.5. The quantitative estimate of drug-likeness (QED) is 0.767. The number of halogens is 3. The van der Waals surface area contributed by atoms with Gasteiger partial charge in [0.1, 0.15) is 6.61 Å². The van der Waals surface area contributed by atoms with Crippen LogP contribution in [0.2, 0.25) is 0 Å². The molecule has 0 heterocycles. The summed E-state index contributed by atoms with van der Waals surface area (Å²) in [6.07, 6.45) is -5.68. The van der Waals surface area contributed by atoms with E-state index < -0.39 is 24.4 Å². The summed E-state index contributed by atoms with van der Waals surface area (Å²) in [6, 6.07) is 3.20. The Labute approximate surface area is 89.0 Å². The molecule has 1 amide bonds. The molecule has 0 fully saturated rings. The van der Waals surface area contributed by atoms with Gasteiger partial charge in [-0.2, -0.15) is 13.2 Å². The summed E-state index contributed by atoms with van der Waals surface area (Å²) in [7, 11) is 0. The van der Waals surface area contributed by atoms with Crippen LogP contribution in [0.5, 0.6) is 0 Å². The summed E-state index contributed by atoms with van der Waals surface area (Å²) in [5, 5.41) is 0. The molecular weight excluding hydrogens is 225 g/mol. The van der Waals surface area contributed by atoms with Crippen LogP contribution in [0.25, 0.3) is 0 Å². The molecule has 0 aliphatic rings. The number of hydrogen-bond acceptors (Lipinski definition) is 3. The lowest BCUT2D eigenvalue weighted by Gasteiger charge is -2.13. The molecule has 4 N–H and O–H groups in total. The summed E-state index contributed by atoms with van der Waals surface area (Å²) in [6.45, 7) is -0.537. The highest BCUT2D eigenvalue weighted by Gasteiger charge is 2.33. The van der Waals surface area contributed by atoms with E-state index in [1.807, 2.05) is 0 Å². The Morgan fingerprint density at radius 2 is 2.00 bits per heavy atom. The van der Waals surface area contributed by atoms with E-state index in [9.17, 15) is 18.0 Å². The van der Waals surface area contributed by atoms with Gasteiger partial charge < -0.3 is 16.2 Å². The zero-order valence-electron chi connectivity index (χ0n) is 8.04. The molecule has 0 unspecified atom stereocenters. The summed E-state index contributed by atoms with van der Waals surface area (Å²) in [5.74, 6) is 0. The first-order valence-corrected chi connectivity index (χ1v) is 4.18. The average Bonchev–Trinajstić information content (AvgIpc) is 2.14. The van der Waals surface area contributed by atoms with Crippen molar-refractivity contribution in [3.05, 3.63) is 29.3 Å². The predicted molar refractivity (Wildman–Crippen MR) is 50.2 cm³/mol. The van der Waals surface area contributed by atoms with Crippen molar-refractivity contribution in [3.63, 3.8) is 0 Å². The summed E-state index contributed by atoms with van der Waals surface area (Å²) < 4.78 is 41.9. The van der Waals surface area contributed by atoms with Crippen molar-refractivity contribution < 1.29 is 22.7 Å². The Morgan fingerprint density at radius 3 is 2.50 bits per heavy atom. The number of amides is 1. The van der Waals surface area contributed by atoms with Gasteiger partial charge in [-0.15, -0.1) is 0 Å². The summed E-state index contributed by atoms with van der Waals surface area (Å²) in [5.41, 5.74) is 8.76. The van der Waals surface area contributed by atoms with Gasteiger partial charge in [0.15, 0.2) is 0 Å². The Balaban J connectivity index is 3.03. The summed E-state index contributed by atoms with van der Waals surface area (Å²) >= 11 is 0. The number of nitrogen functional groups attached to an aromatic ring is 1. The molecule has 0 radical (unpaired) electrons. The van der Waals surface area contributed by atoms with E-state index in [0.29, 0.717) is 0 Å². The average molecular weight is 234 g/mol. The molecule has 88 valence electrons. The maximum Gasteiger partial charge on any atom is 0.416 e. The minimum absolute atomic E-state index is 0.0184. The first-order valence-electron chi connectivity index (χ1n) is 4.18. The van der Waals surface area contributed by atoms with Crippen LogP contribution in [0.4, 0.5) is 23.7 Å². The number of carbonyl (C=O) groups excluding carboxylic acids is 1. The molecule has 4 nitrogen and oxygen atoms in total. The summed E-state index contributed by atoms with van der Waals surface area (Å²) in [4.78, 5) is 10.3. The topological polar surface area (TPSA) is 78.3 Å². The Hall–Kier alpha value is -1.92. The fourth-order valence-corrected chi connectivity index (χ4v) is 1.13. The van der Waals surface area contributed by atoms with Crippen molar-refractivity contribution in [1.82, 2.24) is 0 Å². The molecule has 0 saturated carbocycles. The Morgan fingerprint density at radius 1 is 1.38 bits per heavy atom. The lowest BCUT2D eigenvalue weighted by molar-refractivity contribution is -0.138. The highest BCUT2D eigenvalue weighted by Crippen LogP contribution is 2.33. The van der Waals surface area contributed by atoms with E-state index >= 15 is 0 Å². The van der Waals surface area contributed by atoms with Crippen molar-refractivity contribution in [1.29, 1.82) is 0 Å². The Kier molecular flexibility index (Phi) is 3.26. The first-order chi connectivity index (χ1) is 7.30. The molecule has 0 bridgehead atoms. The molecular formula is C9H9F3N2O2. The molecule has 1 rings (SSSR count). The molecule has 0 saturated heterocycles. The Bertz CT molecular complexity index is 404. The van der Waals surface area contributed by atoms with Crippen LogP contribution in [0.15, 0.2) is 18.2 Å². The predicted octanol–water partition coefficient (Wildman–Crippen LogP) is 1.88. The van der Waals surface area contributed by atoms with Gasteiger partial charge in [0, 0.05) is 11.3 Å². The van der Waals surface area contributed by atoms with Gasteiger partial charge in [0.2, 0.25) is 0 Å². The molecule has 16 heavy (non-hydrogen) atoms. The fourth-order valence-electron chi connectivity index (χ4n) is 1.13. The largest absolute Gasteiger partial charge is 0.445 e. The minimum Gasteiger partial charge on any atom is -0.445 e. The van der Waals surface area contributed by atoms with Gasteiger partial charge in [-0.3, -0.25) is 0 Å². The first kappa shape index (κ1) is 12.2. The van der Waals surface area contributed by atoms with Gasteiger partial charge in [0.05, 0.1) is 5.56 Å². The highest BCUT2D eigenvalue weighted by atomic mass is 19.4. The lowest BCUT2D eigenvalue weighted by atomic mass is 10.1. The standard InChI is InChI=1S/C9H9F3N2O2/c10-9(11,12)7-3-6(13)2-1-5(7)4-16-8(14)15/h1-3H,4,13H2,(H2,14,15). The molecule has 0 aromatic heterocycles. The van der Waals surface area contributed by atoms with Crippen LogP contribution in [-0.4, -0.2) is 6.09 Å². The zero-order chi connectivity index (χ0) is 12.3. The zero-order valence-corrected chi connectivity index (χ0v) is 8.04. The third-order valence-corrected chi connectivity index (χ3v) is 1.81. The molecule has 0 spiro atoms. The van der Waals surface area contributed by atoms with Gasteiger partial charge in [-0.05, 0) is 12.1 Å². The van der Waals surface area contributed by atoms with Crippen molar-refractivity contribution >= 4 is 11.8 Å². The molecule has 0 aliphatic heterocycles. The van der Waals surface area contributed by atoms with Gasteiger partial charge in [-0.25, -0.2) is 4.79 Å². The number of nitrogens with two attached hydrogens (primary N) is 2. The molecule has 0 aliphatic carbocycles. The normalized spacial score (nSPS) is 11.2. The highest BCUT2D eigenvalue weighted by molar-refractivity contribution is 5.64. The number of hydrogen-bond donors (Lipinski definition) is 2. The second-order valence-electron chi connectivity index (χ2n) is 3.02. The second kappa shape index (κ2) is 4.30. The molecule has 7 heteroatoms. The monoisotopic (exact) mass is 234 g/mol. The number of alkyl halides is 3. The van der Waals surface area contributed by atoms with E-state index in [1.165, 1.54) is 6.07 Å². The molecule has 1 aromatic rings. The van der Waals surface area contributed by atoms with Gasteiger partial charge >= 0.3 is 12.3 Å². The van der Waals surface area contributed by atoms with Crippen molar-refractivity contribution in [2.45, 2.75) is 12.8 Å². The van der Waals surface area contributed by atoms with Crippen LogP contribution >= 0.6 is 0 Å². The van der Waals surface area contributed by atoms with Crippen LogP contribution in [0, 0.1) is 0 Å². The number of primary amides is 1. The number of ether oxygens (including phenoxy) is 1. The number of anilines is 1. The smallest absolute Gasteiger partial charge is 0.416 e. The minimum atomic E-state index is -4.55. The van der Waals surface area contributed by atoms with Crippen molar-refractivity contribution in [2.24, 2.45) is 5.73 Å². The van der Waals surface area contributed by atoms with E-state index in [0.717, 1.165) is 12.1 Å².